The quantitative estimate of drug-likeness (QED) is 0.439. The maximum absolute atomic E-state index is 11.9. The van der Waals surface area contributed by atoms with Gasteiger partial charge in [-0.1, -0.05) is 12.1 Å². The van der Waals surface area contributed by atoms with Gasteiger partial charge >= 0.3 is 5.97 Å². The Bertz CT molecular complexity index is 1180. The van der Waals surface area contributed by atoms with E-state index in [1.165, 1.54) is 16.9 Å². The van der Waals surface area contributed by atoms with E-state index in [0.29, 0.717) is 5.56 Å². The van der Waals surface area contributed by atoms with Crippen LogP contribution in [0.15, 0.2) is 38.5 Å². The molecule has 0 bridgehead atoms. The molecule has 0 unspecified atom stereocenters. The second kappa shape index (κ2) is 7.36. The third-order valence-electron chi connectivity index (χ3n) is 3.84. The van der Waals surface area contributed by atoms with Crippen LogP contribution in [0.25, 0.3) is 11.6 Å². The van der Waals surface area contributed by atoms with Crippen LogP contribution in [0.5, 0.6) is 0 Å². The van der Waals surface area contributed by atoms with Crippen molar-refractivity contribution in [3.8, 4) is 11.6 Å². The van der Waals surface area contributed by atoms with Crippen LogP contribution < -0.4 is 11.3 Å². The highest BCUT2D eigenvalue weighted by molar-refractivity contribution is 7.90. The summed E-state index contributed by atoms with van der Waals surface area (Å²) in [6.45, 7) is 0.120. The normalized spacial score (nSPS) is 12.8. The van der Waals surface area contributed by atoms with Crippen molar-refractivity contribution in [1.29, 1.82) is 0 Å². The minimum Gasteiger partial charge on any atom is -0.480 e. The first-order valence-electron chi connectivity index (χ1n) is 7.91. The number of aromatic nitrogens is 5. The van der Waals surface area contributed by atoms with Gasteiger partial charge in [-0.3, -0.25) is 9.59 Å². The SMILES string of the molecule is CS(=O)(=O)c1cccc(Cn2nnc(-c3o[nH]c(=O)c3C[C@H](N)C(=O)O)n2)c1. The number of aliphatic carboxylic acids is 1. The van der Waals surface area contributed by atoms with Crippen molar-refractivity contribution < 1.29 is 22.8 Å². The fourth-order valence-electron chi connectivity index (χ4n) is 2.44. The number of hydrogen-bond acceptors (Lipinski definition) is 9. The molecule has 0 aliphatic carbocycles. The first-order valence-corrected chi connectivity index (χ1v) is 9.80. The van der Waals surface area contributed by atoms with Gasteiger partial charge in [-0.25, -0.2) is 8.42 Å². The van der Waals surface area contributed by atoms with Gasteiger partial charge in [0.2, 0.25) is 11.6 Å². The van der Waals surface area contributed by atoms with E-state index in [2.05, 4.69) is 20.6 Å². The number of nitrogens with two attached hydrogens (primary N) is 1. The van der Waals surface area contributed by atoms with Gasteiger partial charge in [0, 0.05) is 12.7 Å². The molecule has 12 nitrogen and oxygen atoms in total. The number of rotatable bonds is 7. The summed E-state index contributed by atoms with van der Waals surface area (Å²) in [5.41, 5.74) is 5.46. The maximum atomic E-state index is 11.9. The van der Waals surface area contributed by atoms with Crippen LogP contribution in [0.1, 0.15) is 11.1 Å². The highest BCUT2D eigenvalue weighted by Crippen LogP contribution is 2.18. The minimum atomic E-state index is -3.36. The van der Waals surface area contributed by atoms with Crippen LogP contribution in [0.4, 0.5) is 0 Å². The molecule has 0 saturated heterocycles. The van der Waals surface area contributed by atoms with Gasteiger partial charge < -0.3 is 15.4 Å². The first-order chi connectivity index (χ1) is 13.1. The van der Waals surface area contributed by atoms with Gasteiger partial charge in [0.1, 0.15) is 6.04 Å². The van der Waals surface area contributed by atoms with Crippen molar-refractivity contribution in [3.63, 3.8) is 0 Å². The molecule has 0 aliphatic rings. The van der Waals surface area contributed by atoms with E-state index in [-0.39, 0.29) is 35.0 Å². The molecule has 148 valence electrons. The zero-order chi connectivity index (χ0) is 20.5. The minimum absolute atomic E-state index is 0.00600. The van der Waals surface area contributed by atoms with E-state index in [0.717, 1.165) is 6.26 Å². The third-order valence-corrected chi connectivity index (χ3v) is 4.95. The average molecular weight is 408 g/mol. The number of benzene rings is 1. The maximum Gasteiger partial charge on any atom is 0.320 e. The summed E-state index contributed by atoms with van der Waals surface area (Å²) >= 11 is 0. The molecular weight excluding hydrogens is 392 g/mol. The van der Waals surface area contributed by atoms with Crippen molar-refractivity contribution in [2.75, 3.05) is 6.26 Å². The summed E-state index contributed by atoms with van der Waals surface area (Å²) in [6, 6.07) is 4.97. The topological polar surface area (TPSA) is 187 Å². The Morgan fingerprint density at radius 2 is 2.18 bits per heavy atom. The number of aromatic amines is 1. The summed E-state index contributed by atoms with van der Waals surface area (Å²) in [5, 5.41) is 22.8. The van der Waals surface area contributed by atoms with Crippen molar-refractivity contribution >= 4 is 15.8 Å². The number of nitrogens with zero attached hydrogens (tertiary/aromatic N) is 4. The van der Waals surface area contributed by atoms with Gasteiger partial charge in [0.05, 0.1) is 17.0 Å². The lowest BCUT2D eigenvalue weighted by Gasteiger charge is -2.03. The zero-order valence-electron chi connectivity index (χ0n) is 14.6. The standard InChI is InChI=1S/C15H16N6O6S/c1-28(25,26)9-4-2-3-8(5-9)7-21-18-13(17-20-21)12-10(14(22)19-27-12)6-11(16)15(23)24/h2-5,11H,6-7,16H2,1H3,(H,19,22)(H,23,24)/t11-/m0/s1. The molecule has 1 aromatic carbocycles. The molecule has 28 heavy (non-hydrogen) atoms. The van der Waals surface area contributed by atoms with E-state index in [4.69, 9.17) is 15.4 Å². The highest BCUT2D eigenvalue weighted by atomic mass is 32.2. The second-order valence-electron chi connectivity index (χ2n) is 6.05. The van der Waals surface area contributed by atoms with Crippen molar-refractivity contribution in [1.82, 2.24) is 25.4 Å². The second-order valence-corrected chi connectivity index (χ2v) is 8.07. The monoisotopic (exact) mass is 408 g/mol. The third kappa shape index (κ3) is 4.15. The molecule has 3 rings (SSSR count). The summed E-state index contributed by atoms with van der Waals surface area (Å²) in [4.78, 5) is 24.1. The van der Waals surface area contributed by atoms with E-state index >= 15 is 0 Å². The van der Waals surface area contributed by atoms with Gasteiger partial charge in [-0.15, -0.1) is 10.2 Å². The number of carboxylic acids is 1. The Labute approximate surface area is 157 Å². The molecule has 2 heterocycles. The molecule has 0 fully saturated rings. The lowest BCUT2D eigenvalue weighted by Crippen LogP contribution is -2.33. The number of nitrogens with one attached hydrogen (secondary N) is 1. The molecule has 0 spiro atoms. The van der Waals surface area contributed by atoms with Crippen LogP contribution in [0, 0.1) is 0 Å². The van der Waals surface area contributed by atoms with Crippen molar-refractivity contribution in [2.45, 2.75) is 23.9 Å². The van der Waals surface area contributed by atoms with Gasteiger partial charge in [-0.2, -0.15) is 9.95 Å². The predicted molar refractivity (Wildman–Crippen MR) is 94.1 cm³/mol. The fraction of sp³-hybridized carbons (Fsp3) is 0.267. The van der Waals surface area contributed by atoms with Crippen molar-refractivity contribution in [2.24, 2.45) is 5.73 Å². The predicted octanol–water partition coefficient (Wildman–Crippen LogP) is -0.972. The zero-order valence-corrected chi connectivity index (χ0v) is 15.4. The Balaban J connectivity index is 1.86. The highest BCUT2D eigenvalue weighted by Gasteiger charge is 2.24. The average Bonchev–Trinajstić information content (AvgIpc) is 3.21. The Hall–Kier alpha value is -3.32. The molecule has 1 atom stereocenters. The molecule has 0 radical (unpaired) electrons. The lowest BCUT2D eigenvalue weighted by atomic mass is 10.1. The molecule has 0 amide bonds. The molecule has 4 N–H and O–H groups in total. The molecule has 0 aliphatic heterocycles. The fourth-order valence-corrected chi connectivity index (χ4v) is 3.13. The Morgan fingerprint density at radius 3 is 2.86 bits per heavy atom. The largest absolute Gasteiger partial charge is 0.480 e. The number of tetrazole rings is 1. The van der Waals surface area contributed by atoms with Gasteiger partial charge in [0.15, 0.2) is 9.84 Å². The number of H-pyrrole nitrogens is 1. The van der Waals surface area contributed by atoms with E-state index in [1.54, 1.807) is 12.1 Å². The Kier molecular flexibility index (Phi) is 5.11. The summed E-state index contributed by atoms with van der Waals surface area (Å²) in [6.07, 6.45) is 0.830. The summed E-state index contributed by atoms with van der Waals surface area (Å²) in [5.74, 6) is -1.36. The smallest absolute Gasteiger partial charge is 0.320 e. The van der Waals surface area contributed by atoms with Crippen LogP contribution in [-0.4, -0.2) is 57.2 Å². The lowest BCUT2D eigenvalue weighted by molar-refractivity contribution is -0.138. The summed E-state index contributed by atoms with van der Waals surface area (Å²) < 4.78 is 28.4. The van der Waals surface area contributed by atoms with Crippen LogP contribution in [0.3, 0.4) is 0 Å². The van der Waals surface area contributed by atoms with Gasteiger partial charge in [0.25, 0.3) is 5.56 Å². The van der Waals surface area contributed by atoms with E-state index < -0.39 is 27.4 Å². The molecule has 13 heteroatoms. The molecule has 3 aromatic rings. The number of hydrogen-bond donors (Lipinski definition) is 3. The molecular formula is C15H16N6O6S. The van der Waals surface area contributed by atoms with E-state index in [1.807, 2.05) is 0 Å². The number of carbonyl (C=O) groups is 1. The number of carboxylic acid groups (broad SMARTS) is 1. The first kappa shape index (κ1) is 19.4. The Morgan fingerprint density at radius 1 is 1.43 bits per heavy atom. The van der Waals surface area contributed by atoms with Crippen LogP contribution in [0.2, 0.25) is 0 Å². The molecule has 0 saturated carbocycles. The number of sulfone groups is 1. The molecule has 2 aromatic heterocycles. The van der Waals surface area contributed by atoms with Gasteiger partial charge in [-0.05, 0) is 22.9 Å². The van der Waals surface area contributed by atoms with E-state index in [9.17, 15) is 18.0 Å². The van der Waals surface area contributed by atoms with Crippen LogP contribution in [-0.2, 0) is 27.6 Å². The summed E-state index contributed by atoms with van der Waals surface area (Å²) in [7, 11) is -3.36. The van der Waals surface area contributed by atoms with Crippen molar-refractivity contribution in [3.05, 3.63) is 45.7 Å². The van der Waals surface area contributed by atoms with Crippen LogP contribution >= 0.6 is 0 Å².